The van der Waals surface area contributed by atoms with Crippen molar-refractivity contribution in [2.45, 2.75) is 38.8 Å². The molecule has 3 rings (SSSR count). The normalized spacial score (nSPS) is 14.6. The van der Waals surface area contributed by atoms with Crippen LogP contribution in [0.15, 0.2) is 54.1 Å². The zero-order chi connectivity index (χ0) is 24.2. The Morgan fingerprint density at radius 3 is 2.24 bits per heavy atom. The summed E-state index contributed by atoms with van der Waals surface area (Å²) in [6.45, 7) is 5.93. The van der Waals surface area contributed by atoms with E-state index < -0.39 is 29.3 Å². The number of ether oxygens (including phenoxy) is 1. The van der Waals surface area contributed by atoms with Crippen molar-refractivity contribution < 1.29 is 29.3 Å². The van der Waals surface area contributed by atoms with Gasteiger partial charge in [0.2, 0.25) is 11.6 Å². The largest absolute Gasteiger partial charge is 0.508 e. The second kappa shape index (κ2) is 9.87. The summed E-state index contributed by atoms with van der Waals surface area (Å²) in [5, 5.41) is 27.1. The van der Waals surface area contributed by atoms with Gasteiger partial charge < -0.3 is 25.6 Å². The van der Waals surface area contributed by atoms with E-state index >= 15 is 0 Å². The maximum Gasteiger partial charge on any atom is 0.407 e. The molecule has 8 nitrogen and oxygen atoms in total. The summed E-state index contributed by atoms with van der Waals surface area (Å²) in [6.07, 6.45) is -0.0689. The van der Waals surface area contributed by atoms with E-state index in [0.29, 0.717) is 25.1 Å². The van der Waals surface area contributed by atoms with Crippen LogP contribution in [0.3, 0.4) is 0 Å². The summed E-state index contributed by atoms with van der Waals surface area (Å²) in [7, 11) is 0. The van der Waals surface area contributed by atoms with Gasteiger partial charge in [0, 0.05) is 23.2 Å². The van der Waals surface area contributed by atoms with Crippen molar-refractivity contribution in [2.75, 3.05) is 13.1 Å². The first-order chi connectivity index (χ1) is 15.6. The predicted octanol–water partition coefficient (Wildman–Crippen LogP) is 3.67. The van der Waals surface area contributed by atoms with Crippen molar-refractivity contribution in [3.8, 4) is 5.75 Å². The highest BCUT2D eigenvalue weighted by atomic mass is 16.6. The molecule has 1 aliphatic rings. The smallest absolute Gasteiger partial charge is 0.407 e. The molecule has 4 N–H and O–H groups in total. The lowest BCUT2D eigenvalue weighted by Gasteiger charge is -2.26. The number of amides is 1. The highest BCUT2D eigenvalue weighted by Gasteiger charge is 2.38. The SMILES string of the molecule is CC(C)(C)OC(=O)NCCCNC(C1=C(O)c2ccccc2C(=O)C1=O)c1ccccc1O. The van der Waals surface area contributed by atoms with Gasteiger partial charge in [-0.05, 0) is 39.8 Å². The van der Waals surface area contributed by atoms with Crippen LogP contribution in [-0.4, -0.2) is 46.6 Å². The van der Waals surface area contributed by atoms with E-state index in [1.807, 2.05) is 0 Å². The second-order valence-corrected chi connectivity index (χ2v) is 8.69. The van der Waals surface area contributed by atoms with Crippen molar-refractivity contribution in [2.24, 2.45) is 0 Å². The number of Topliss-reactive ketones (excluding diaryl/α,β-unsaturated/α-hetero) is 2. The Kier molecular flexibility index (Phi) is 7.18. The van der Waals surface area contributed by atoms with Crippen LogP contribution in [0.4, 0.5) is 4.79 Å². The number of carbonyl (C=O) groups excluding carboxylic acids is 3. The number of benzene rings is 2. The summed E-state index contributed by atoms with van der Waals surface area (Å²) < 4.78 is 5.19. The van der Waals surface area contributed by atoms with Crippen LogP contribution in [0.25, 0.3) is 5.76 Å². The molecule has 0 radical (unpaired) electrons. The van der Waals surface area contributed by atoms with Gasteiger partial charge in [0.05, 0.1) is 11.6 Å². The van der Waals surface area contributed by atoms with Crippen molar-refractivity contribution in [1.82, 2.24) is 10.6 Å². The van der Waals surface area contributed by atoms with Crippen LogP contribution in [0.1, 0.15) is 54.7 Å². The number of phenolic OH excluding ortho intramolecular Hbond substituents is 1. The molecule has 0 spiro atoms. The molecule has 8 heteroatoms. The van der Waals surface area contributed by atoms with Gasteiger partial charge >= 0.3 is 6.09 Å². The minimum Gasteiger partial charge on any atom is -0.508 e. The topological polar surface area (TPSA) is 125 Å². The maximum atomic E-state index is 13.0. The lowest BCUT2D eigenvalue weighted by Crippen LogP contribution is -2.36. The number of para-hydroxylation sites is 1. The Morgan fingerprint density at radius 2 is 1.58 bits per heavy atom. The lowest BCUT2D eigenvalue weighted by molar-refractivity contribution is -0.112. The zero-order valence-electron chi connectivity index (χ0n) is 18.8. The van der Waals surface area contributed by atoms with Gasteiger partial charge in [0.15, 0.2) is 0 Å². The number of carbonyl (C=O) groups is 3. The molecule has 33 heavy (non-hydrogen) atoms. The van der Waals surface area contributed by atoms with E-state index in [4.69, 9.17) is 4.74 Å². The number of aromatic hydroxyl groups is 1. The van der Waals surface area contributed by atoms with Crippen molar-refractivity contribution >= 4 is 23.4 Å². The van der Waals surface area contributed by atoms with Crippen LogP contribution in [0.5, 0.6) is 5.75 Å². The van der Waals surface area contributed by atoms with Crippen LogP contribution in [0.2, 0.25) is 0 Å². The Balaban J connectivity index is 1.82. The van der Waals surface area contributed by atoms with Gasteiger partial charge in [-0.15, -0.1) is 0 Å². The van der Waals surface area contributed by atoms with Crippen molar-refractivity contribution in [3.05, 3.63) is 70.8 Å². The highest BCUT2D eigenvalue weighted by molar-refractivity contribution is 6.52. The Labute approximate surface area is 192 Å². The van der Waals surface area contributed by atoms with Gasteiger partial charge in [-0.3, -0.25) is 9.59 Å². The first kappa shape index (κ1) is 24.0. The van der Waals surface area contributed by atoms with Crippen LogP contribution < -0.4 is 10.6 Å². The van der Waals surface area contributed by atoms with E-state index in [2.05, 4.69) is 10.6 Å². The highest BCUT2D eigenvalue weighted by Crippen LogP contribution is 2.37. The van der Waals surface area contributed by atoms with Crippen LogP contribution >= 0.6 is 0 Å². The Bertz CT molecular complexity index is 1100. The molecule has 0 fully saturated rings. The molecule has 0 aliphatic heterocycles. The first-order valence-electron chi connectivity index (χ1n) is 10.7. The molecule has 1 unspecified atom stereocenters. The minimum absolute atomic E-state index is 0.0821. The van der Waals surface area contributed by atoms with Gasteiger partial charge in [-0.2, -0.15) is 0 Å². The number of phenols is 1. The number of aliphatic hydroxyl groups excluding tert-OH is 1. The number of alkyl carbamates (subject to hydrolysis) is 1. The predicted molar refractivity (Wildman–Crippen MR) is 123 cm³/mol. The molecule has 0 aromatic heterocycles. The number of hydrogen-bond acceptors (Lipinski definition) is 7. The number of rotatable bonds is 7. The van der Waals surface area contributed by atoms with E-state index in [-0.39, 0.29) is 28.2 Å². The van der Waals surface area contributed by atoms with Crippen molar-refractivity contribution in [3.63, 3.8) is 0 Å². The molecule has 2 aromatic carbocycles. The molecule has 1 atom stereocenters. The van der Waals surface area contributed by atoms with E-state index in [1.54, 1.807) is 57.2 Å². The monoisotopic (exact) mass is 452 g/mol. The van der Waals surface area contributed by atoms with E-state index in [1.165, 1.54) is 12.1 Å². The lowest BCUT2D eigenvalue weighted by atomic mass is 9.83. The van der Waals surface area contributed by atoms with Gasteiger partial charge in [0.1, 0.15) is 17.1 Å². The molecule has 1 amide bonds. The third-order valence-corrected chi connectivity index (χ3v) is 5.04. The van der Waals surface area contributed by atoms with Crippen LogP contribution in [-0.2, 0) is 9.53 Å². The number of hydrogen-bond donors (Lipinski definition) is 4. The summed E-state index contributed by atoms with van der Waals surface area (Å²) in [4.78, 5) is 37.5. The average Bonchev–Trinajstić information content (AvgIpc) is 2.75. The van der Waals surface area contributed by atoms with Gasteiger partial charge in [0.25, 0.3) is 0 Å². The average molecular weight is 453 g/mol. The molecule has 0 bridgehead atoms. The Hall–Kier alpha value is -3.65. The quantitative estimate of drug-likeness (QED) is 0.373. The summed E-state index contributed by atoms with van der Waals surface area (Å²) in [5.41, 5.74) is 0.0270. The third kappa shape index (κ3) is 5.59. The van der Waals surface area contributed by atoms with Gasteiger partial charge in [-0.25, -0.2) is 4.79 Å². The number of ketones is 2. The molecule has 1 aliphatic carbocycles. The molecule has 0 saturated heterocycles. The zero-order valence-corrected chi connectivity index (χ0v) is 18.8. The molecule has 2 aromatic rings. The second-order valence-electron chi connectivity index (χ2n) is 8.69. The molecule has 0 saturated carbocycles. The molecular formula is C25H28N2O6. The van der Waals surface area contributed by atoms with Crippen LogP contribution in [0, 0.1) is 0 Å². The Morgan fingerprint density at radius 1 is 0.939 bits per heavy atom. The number of aliphatic hydroxyl groups is 1. The fraction of sp³-hybridized carbons (Fsp3) is 0.320. The van der Waals surface area contributed by atoms with Gasteiger partial charge in [-0.1, -0.05) is 42.5 Å². The third-order valence-electron chi connectivity index (χ3n) is 5.04. The first-order valence-corrected chi connectivity index (χ1v) is 10.7. The number of nitrogens with one attached hydrogen (secondary N) is 2. The maximum absolute atomic E-state index is 13.0. The number of fused-ring (bicyclic) bond motifs is 1. The fourth-order valence-electron chi connectivity index (χ4n) is 3.59. The van der Waals surface area contributed by atoms with Crippen molar-refractivity contribution in [1.29, 1.82) is 0 Å². The standard InChI is InChI=1S/C25H28N2O6/c1-25(2,3)33-24(32)27-14-8-13-26-20(17-11-6-7-12-18(17)28)19-21(29)15-9-4-5-10-16(15)22(30)23(19)31/h4-7,9-12,20,26,28-29H,8,13-14H2,1-3H3,(H,27,32). The summed E-state index contributed by atoms with van der Waals surface area (Å²) in [5.74, 6) is -1.94. The minimum atomic E-state index is -0.933. The summed E-state index contributed by atoms with van der Waals surface area (Å²) in [6, 6.07) is 11.8. The molecule has 174 valence electrons. The fourth-order valence-corrected chi connectivity index (χ4v) is 3.59. The molecule has 0 heterocycles. The summed E-state index contributed by atoms with van der Waals surface area (Å²) >= 11 is 0. The van der Waals surface area contributed by atoms with E-state index in [9.17, 15) is 24.6 Å². The molecular weight excluding hydrogens is 424 g/mol. The van der Waals surface area contributed by atoms with E-state index in [0.717, 1.165) is 0 Å².